The summed E-state index contributed by atoms with van der Waals surface area (Å²) >= 11 is 0. The number of phenolic OH excluding ortho intramolecular Hbond substituents is 2. The van der Waals surface area contributed by atoms with Gasteiger partial charge in [-0.25, -0.2) is 0 Å². The normalized spacial score (nSPS) is 12.3. The molecule has 4 nitrogen and oxygen atoms in total. The van der Waals surface area contributed by atoms with E-state index >= 15 is 0 Å². The first-order valence-electron chi connectivity index (χ1n) is 13.5. The van der Waals surface area contributed by atoms with Crippen molar-refractivity contribution in [3.8, 4) is 11.5 Å². The molecule has 0 aliphatic heterocycles. The zero-order chi connectivity index (χ0) is 28.4. The first-order valence-corrected chi connectivity index (χ1v) is 13.5. The predicted octanol–water partition coefficient (Wildman–Crippen LogP) is 9.89. The van der Waals surface area contributed by atoms with Crippen LogP contribution in [0.4, 0.5) is 11.4 Å². The smallest absolute Gasteiger partial charge is 0.127 e. The van der Waals surface area contributed by atoms with Gasteiger partial charge in [-0.3, -0.25) is 9.98 Å². The molecule has 0 unspecified atom stereocenters. The maximum atomic E-state index is 11.0. The van der Waals surface area contributed by atoms with Gasteiger partial charge in [0, 0.05) is 40.3 Å². The van der Waals surface area contributed by atoms with E-state index in [2.05, 4.69) is 81.4 Å². The second-order valence-electron chi connectivity index (χ2n) is 12.8. The van der Waals surface area contributed by atoms with Crippen LogP contribution in [0.25, 0.3) is 0 Å². The van der Waals surface area contributed by atoms with Gasteiger partial charge >= 0.3 is 0 Å². The molecule has 40 heavy (non-hydrogen) atoms. The van der Waals surface area contributed by atoms with E-state index in [-0.39, 0.29) is 58.4 Å². The molecule has 3 aromatic carbocycles. The van der Waals surface area contributed by atoms with Gasteiger partial charge in [0.25, 0.3) is 0 Å². The summed E-state index contributed by atoms with van der Waals surface area (Å²) in [6.07, 6.45) is 3.44. The van der Waals surface area contributed by atoms with E-state index in [0.29, 0.717) is 22.5 Å². The number of phenols is 2. The standard InChI is InChI=1S/C34H44N2O2.CH3.Co/c1-21(2)27-17-25(33(5,6)7)15-23(31(27)37)19-35-29-13-11-12-14-30(29)36-20-24-16-26(34(8,9)10)18-28(22(3)4)32(24)38;;/h11-22,37-38H,1-10H3;1H3;/q;-1;. The molecule has 3 rings (SSSR count). The molecule has 0 saturated heterocycles. The molecule has 1 radical (unpaired) electrons. The summed E-state index contributed by atoms with van der Waals surface area (Å²) in [5.41, 5.74) is 6.79. The minimum absolute atomic E-state index is 0. The summed E-state index contributed by atoms with van der Waals surface area (Å²) in [6.45, 7) is 21.4. The molecule has 0 saturated carbocycles. The summed E-state index contributed by atoms with van der Waals surface area (Å²) in [5, 5.41) is 22.0. The molecule has 0 aromatic heterocycles. The Balaban J connectivity index is 0.00000400. The number of hydrogen-bond acceptors (Lipinski definition) is 4. The maximum Gasteiger partial charge on any atom is 0.127 e. The van der Waals surface area contributed by atoms with Crippen molar-refractivity contribution in [3.63, 3.8) is 0 Å². The number of aromatic hydroxyl groups is 2. The monoisotopic (exact) mass is 586 g/mol. The van der Waals surface area contributed by atoms with E-state index in [4.69, 9.17) is 9.98 Å². The molecular weight excluding hydrogens is 539 g/mol. The minimum Gasteiger partial charge on any atom is -0.507 e. The number of hydrogen-bond donors (Lipinski definition) is 2. The van der Waals surface area contributed by atoms with Crippen LogP contribution in [0.1, 0.15) is 114 Å². The van der Waals surface area contributed by atoms with Gasteiger partial charge in [0.15, 0.2) is 0 Å². The molecule has 0 fully saturated rings. The fourth-order valence-corrected chi connectivity index (χ4v) is 4.26. The fraction of sp³-hybridized carbons (Fsp3) is 0.400. The van der Waals surface area contributed by atoms with Crippen molar-refractivity contribution in [3.05, 3.63) is 89.3 Å². The maximum absolute atomic E-state index is 11.0. The third-order valence-corrected chi connectivity index (χ3v) is 6.88. The van der Waals surface area contributed by atoms with Crippen molar-refractivity contribution >= 4 is 23.8 Å². The van der Waals surface area contributed by atoms with Crippen molar-refractivity contribution in [1.82, 2.24) is 0 Å². The molecule has 0 heterocycles. The van der Waals surface area contributed by atoms with Gasteiger partial charge in [-0.1, -0.05) is 93.5 Å². The van der Waals surface area contributed by atoms with Crippen LogP contribution in [0, 0.1) is 7.43 Å². The summed E-state index contributed by atoms with van der Waals surface area (Å²) in [5.74, 6) is 0.910. The van der Waals surface area contributed by atoms with E-state index in [1.54, 1.807) is 12.4 Å². The van der Waals surface area contributed by atoms with Crippen molar-refractivity contribution < 1.29 is 27.0 Å². The van der Waals surface area contributed by atoms with Gasteiger partial charge in [-0.2, -0.15) is 0 Å². The Labute approximate surface area is 252 Å². The van der Waals surface area contributed by atoms with Gasteiger partial charge in [0.2, 0.25) is 0 Å². The Morgan fingerprint density at radius 2 is 0.950 bits per heavy atom. The van der Waals surface area contributed by atoms with Crippen LogP contribution in [0.3, 0.4) is 0 Å². The van der Waals surface area contributed by atoms with Gasteiger partial charge in [-0.05, 0) is 69.2 Å². The molecule has 3 aromatic rings. The number of aliphatic imine (C=N–C) groups is 2. The summed E-state index contributed by atoms with van der Waals surface area (Å²) < 4.78 is 0. The van der Waals surface area contributed by atoms with Crippen molar-refractivity contribution in [1.29, 1.82) is 0 Å². The molecule has 0 bridgehead atoms. The average molecular weight is 587 g/mol. The van der Waals surface area contributed by atoms with Gasteiger partial charge in [-0.15, -0.1) is 0 Å². The van der Waals surface area contributed by atoms with E-state index in [0.717, 1.165) is 22.3 Å². The second kappa shape index (κ2) is 13.6. The second-order valence-corrected chi connectivity index (χ2v) is 12.8. The first-order chi connectivity index (χ1) is 17.6. The Morgan fingerprint density at radius 3 is 1.23 bits per heavy atom. The van der Waals surface area contributed by atoms with Crippen LogP contribution >= 0.6 is 0 Å². The molecule has 0 amide bonds. The zero-order valence-corrected chi connectivity index (χ0v) is 27.1. The number of para-hydroxylation sites is 2. The Bertz CT molecular complexity index is 1250. The van der Waals surface area contributed by atoms with E-state index in [9.17, 15) is 10.2 Å². The van der Waals surface area contributed by atoms with Crippen molar-refractivity contribution in [2.45, 2.75) is 91.9 Å². The Hall–Kier alpha value is -2.89. The third kappa shape index (κ3) is 8.31. The van der Waals surface area contributed by atoms with Crippen LogP contribution in [0.2, 0.25) is 0 Å². The molecule has 2 N–H and O–H groups in total. The molecule has 5 heteroatoms. The van der Waals surface area contributed by atoms with Gasteiger partial charge in [0.1, 0.15) is 11.5 Å². The van der Waals surface area contributed by atoms with Crippen molar-refractivity contribution in [2.24, 2.45) is 9.98 Å². The molecule has 219 valence electrons. The Morgan fingerprint density at radius 1 is 0.625 bits per heavy atom. The number of rotatable bonds is 6. The van der Waals surface area contributed by atoms with Crippen molar-refractivity contribution in [2.75, 3.05) is 0 Å². The van der Waals surface area contributed by atoms with E-state index < -0.39 is 0 Å². The van der Waals surface area contributed by atoms with Gasteiger partial charge < -0.3 is 17.6 Å². The van der Waals surface area contributed by atoms with Crippen LogP contribution in [0.5, 0.6) is 11.5 Å². The zero-order valence-electron chi connectivity index (χ0n) is 26.1. The Kier molecular flexibility index (Phi) is 12.0. The molecule has 0 atom stereocenters. The minimum atomic E-state index is -0.0550. The fourth-order valence-electron chi connectivity index (χ4n) is 4.26. The first kappa shape index (κ1) is 35.1. The van der Waals surface area contributed by atoms with Crippen LogP contribution in [0.15, 0.2) is 58.5 Å². The molecule has 0 aliphatic rings. The molecule has 0 aliphatic carbocycles. The molecule has 0 spiro atoms. The summed E-state index contributed by atoms with van der Waals surface area (Å²) in [7, 11) is 0. The average Bonchev–Trinajstić information content (AvgIpc) is 2.81. The van der Waals surface area contributed by atoms with Crippen LogP contribution in [-0.2, 0) is 27.6 Å². The predicted molar refractivity (Wildman–Crippen MR) is 169 cm³/mol. The molecular formula is C35H47CoN2O2-. The quantitative estimate of drug-likeness (QED) is 0.223. The van der Waals surface area contributed by atoms with Gasteiger partial charge in [0.05, 0.1) is 11.4 Å². The van der Waals surface area contributed by atoms with E-state index in [1.807, 2.05) is 36.4 Å². The van der Waals surface area contributed by atoms with Crippen LogP contribution < -0.4 is 0 Å². The third-order valence-electron chi connectivity index (χ3n) is 6.88. The number of nitrogens with zero attached hydrogens (tertiary/aromatic N) is 2. The number of benzene rings is 3. The van der Waals surface area contributed by atoms with E-state index in [1.165, 1.54) is 0 Å². The summed E-state index contributed by atoms with van der Waals surface area (Å²) in [6, 6.07) is 15.9. The van der Waals surface area contributed by atoms with Crippen LogP contribution in [-0.4, -0.2) is 22.6 Å². The topological polar surface area (TPSA) is 65.2 Å². The summed E-state index contributed by atoms with van der Waals surface area (Å²) in [4.78, 5) is 9.47. The largest absolute Gasteiger partial charge is 0.507 e. The SMILES string of the molecule is CC(C)c1cc(C(C)(C)C)cc(C=Nc2ccccc2N=Cc2cc(C(C)(C)C)cc(C(C)C)c2O)c1O.[CH3-].[Co].